The lowest BCUT2D eigenvalue weighted by Gasteiger charge is -2.17. The fraction of sp³-hybridized carbons (Fsp3) is 0.588. The standard InChI is InChI=1S/C17H21Cl2NO2/c18-15-5-3-12(9-16(15)19)4-6-17(21)20-8-7-14(10-20)22-11-13-1-2-13/h3,5,9,13-14H,1-2,4,6-8,10-11H2/t14-/m1/s1. The zero-order valence-corrected chi connectivity index (χ0v) is 14.1. The summed E-state index contributed by atoms with van der Waals surface area (Å²) >= 11 is 11.9. The fourth-order valence-corrected chi connectivity index (χ4v) is 3.07. The predicted molar refractivity (Wildman–Crippen MR) is 88.4 cm³/mol. The molecule has 1 aliphatic carbocycles. The number of carbonyl (C=O) groups excluding carboxylic acids is 1. The van der Waals surface area contributed by atoms with Crippen LogP contribution in [0.5, 0.6) is 0 Å². The van der Waals surface area contributed by atoms with Crippen LogP contribution >= 0.6 is 23.2 Å². The van der Waals surface area contributed by atoms with Crippen LogP contribution < -0.4 is 0 Å². The Morgan fingerprint density at radius 1 is 1.23 bits per heavy atom. The lowest BCUT2D eigenvalue weighted by molar-refractivity contribution is -0.130. The fourth-order valence-electron chi connectivity index (χ4n) is 2.75. The minimum Gasteiger partial charge on any atom is -0.376 e. The molecule has 1 aliphatic heterocycles. The van der Waals surface area contributed by atoms with Gasteiger partial charge in [0.15, 0.2) is 0 Å². The topological polar surface area (TPSA) is 29.5 Å². The monoisotopic (exact) mass is 341 g/mol. The van der Waals surface area contributed by atoms with E-state index in [1.165, 1.54) is 12.8 Å². The zero-order valence-electron chi connectivity index (χ0n) is 12.6. The van der Waals surface area contributed by atoms with E-state index in [1.54, 1.807) is 6.07 Å². The van der Waals surface area contributed by atoms with Crippen molar-refractivity contribution in [2.45, 2.75) is 38.2 Å². The third-order valence-corrected chi connectivity index (χ3v) is 5.11. The molecule has 5 heteroatoms. The van der Waals surface area contributed by atoms with Gasteiger partial charge in [-0.2, -0.15) is 0 Å². The van der Waals surface area contributed by atoms with Gasteiger partial charge < -0.3 is 9.64 Å². The van der Waals surface area contributed by atoms with E-state index in [-0.39, 0.29) is 12.0 Å². The van der Waals surface area contributed by atoms with Gasteiger partial charge in [0.05, 0.1) is 16.1 Å². The molecule has 0 spiro atoms. The van der Waals surface area contributed by atoms with E-state index >= 15 is 0 Å². The van der Waals surface area contributed by atoms with E-state index in [2.05, 4.69) is 0 Å². The minimum atomic E-state index is 0.198. The first-order chi connectivity index (χ1) is 10.6. The Balaban J connectivity index is 1.42. The molecule has 3 nitrogen and oxygen atoms in total. The number of benzene rings is 1. The number of rotatable bonds is 6. The molecule has 1 amide bonds. The smallest absolute Gasteiger partial charge is 0.222 e. The SMILES string of the molecule is O=C(CCc1ccc(Cl)c(Cl)c1)N1CC[C@@H](OCC2CC2)C1. The highest BCUT2D eigenvalue weighted by Gasteiger charge is 2.29. The zero-order chi connectivity index (χ0) is 15.5. The largest absolute Gasteiger partial charge is 0.376 e. The lowest BCUT2D eigenvalue weighted by atomic mass is 10.1. The lowest BCUT2D eigenvalue weighted by Crippen LogP contribution is -2.30. The summed E-state index contributed by atoms with van der Waals surface area (Å²) < 4.78 is 5.87. The first-order valence-corrected chi connectivity index (χ1v) is 8.70. The number of halogens is 2. The van der Waals surface area contributed by atoms with E-state index in [0.29, 0.717) is 22.9 Å². The molecule has 1 heterocycles. The van der Waals surface area contributed by atoms with Gasteiger partial charge in [-0.3, -0.25) is 4.79 Å². The van der Waals surface area contributed by atoms with Crippen LogP contribution in [0.1, 0.15) is 31.2 Å². The van der Waals surface area contributed by atoms with Crippen LogP contribution in [0.4, 0.5) is 0 Å². The molecule has 0 N–H and O–H groups in total. The van der Waals surface area contributed by atoms with Crippen molar-refractivity contribution in [1.82, 2.24) is 4.90 Å². The number of amides is 1. The average molecular weight is 342 g/mol. The summed E-state index contributed by atoms with van der Waals surface area (Å²) in [5.41, 5.74) is 1.04. The van der Waals surface area contributed by atoms with Crippen molar-refractivity contribution < 1.29 is 9.53 Å². The molecular formula is C17H21Cl2NO2. The molecule has 120 valence electrons. The van der Waals surface area contributed by atoms with Crippen molar-refractivity contribution in [3.63, 3.8) is 0 Å². The number of hydrogen-bond acceptors (Lipinski definition) is 2. The summed E-state index contributed by atoms with van der Waals surface area (Å²) in [5, 5.41) is 1.09. The molecule has 0 bridgehead atoms. The average Bonchev–Trinajstić information content (AvgIpc) is 3.22. The molecular weight excluding hydrogens is 321 g/mol. The van der Waals surface area contributed by atoms with E-state index in [9.17, 15) is 4.79 Å². The number of carbonyl (C=O) groups is 1. The van der Waals surface area contributed by atoms with Gasteiger partial charge >= 0.3 is 0 Å². The first kappa shape index (κ1) is 16.1. The molecule has 2 fully saturated rings. The Labute approximate surface area is 141 Å². The highest BCUT2D eigenvalue weighted by atomic mass is 35.5. The van der Waals surface area contributed by atoms with Gasteiger partial charge in [0.2, 0.25) is 5.91 Å². The molecule has 1 aromatic rings. The summed E-state index contributed by atoms with van der Waals surface area (Å²) in [6, 6.07) is 5.54. The van der Waals surface area contributed by atoms with Gasteiger partial charge in [-0.25, -0.2) is 0 Å². The maximum atomic E-state index is 12.3. The highest BCUT2D eigenvalue weighted by molar-refractivity contribution is 6.42. The Morgan fingerprint density at radius 3 is 2.77 bits per heavy atom. The summed E-state index contributed by atoms with van der Waals surface area (Å²) in [6.07, 6.45) is 5.01. The normalized spacial score (nSPS) is 21.4. The van der Waals surface area contributed by atoms with Crippen LogP contribution in [0.2, 0.25) is 10.0 Å². The summed E-state index contributed by atoms with van der Waals surface area (Å²) in [5.74, 6) is 0.975. The summed E-state index contributed by atoms with van der Waals surface area (Å²) in [6.45, 7) is 2.43. The quantitative estimate of drug-likeness (QED) is 0.783. The van der Waals surface area contributed by atoms with E-state index in [1.807, 2.05) is 17.0 Å². The minimum absolute atomic E-state index is 0.198. The second kappa shape index (κ2) is 7.20. The van der Waals surface area contributed by atoms with Crippen LogP contribution in [0, 0.1) is 5.92 Å². The number of nitrogens with zero attached hydrogens (tertiary/aromatic N) is 1. The molecule has 0 aromatic heterocycles. The Morgan fingerprint density at radius 2 is 2.05 bits per heavy atom. The molecule has 1 aromatic carbocycles. The number of aryl methyl sites for hydroxylation is 1. The van der Waals surface area contributed by atoms with Crippen molar-refractivity contribution in [3.8, 4) is 0 Å². The third kappa shape index (κ3) is 4.37. The number of ether oxygens (including phenoxy) is 1. The van der Waals surface area contributed by atoms with Crippen molar-refractivity contribution in [1.29, 1.82) is 0 Å². The number of likely N-dealkylation sites (tertiary alicyclic amines) is 1. The maximum absolute atomic E-state index is 12.3. The van der Waals surface area contributed by atoms with Crippen molar-refractivity contribution >= 4 is 29.1 Å². The number of hydrogen-bond donors (Lipinski definition) is 0. The van der Waals surface area contributed by atoms with E-state index in [0.717, 1.165) is 37.6 Å². The summed E-state index contributed by atoms with van der Waals surface area (Å²) in [7, 11) is 0. The van der Waals surface area contributed by atoms with Gasteiger partial charge in [-0.05, 0) is 49.3 Å². The van der Waals surface area contributed by atoms with Gasteiger partial charge in [-0.15, -0.1) is 0 Å². The van der Waals surface area contributed by atoms with E-state index < -0.39 is 0 Å². The van der Waals surface area contributed by atoms with Crippen LogP contribution in [-0.2, 0) is 16.0 Å². The molecule has 0 unspecified atom stereocenters. The second-order valence-corrected chi connectivity index (χ2v) is 7.09. The molecule has 1 saturated carbocycles. The van der Waals surface area contributed by atoms with Crippen LogP contribution in [0.25, 0.3) is 0 Å². The molecule has 3 rings (SSSR count). The Bertz CT molecular complexity index is 545. The predicted octanol–water partition coefficient (Wildman–Crippen LogP) is 3.95. The van der Waals surface area contributed by atoms with Gasteiger partial charge in [0.1, 0.15) is 0 Å². The molecule has 22 heavy (non-hydrogen) atoms. The highest BCUT2D eigenvalue weighted by Crippen LogP contribution is 2.30. The second-order valence-electron chi connectivity index (χ2n) is 6.28. The van der Waals surface area contributed by atoms with Crippen LogP contribution in [-0.4, -0.2) is 36.6 Å². The summed E-state index contributed by atoms with van der Waals surface area (Å²) in [4.78, 5) is 14.2. The van der Waals surface area contributed by atoms with Crippen molar-refractivity contribution in [3.05, 3.63) is 33.8 Å². The molecule has 0 radical (unpaired) electrons. The Hall–Kier alpha value is -0.770. The van der Waals surface area contributed by atoms with Gasteiger partial charge in [-0.1, -0.05) is 29.3 Å². The van der Waals surface area contributed by atoms with Gasteiger partial charge in [0, 0.05) is 26.1 Å². The molecule has 1 saturated heterocycles. The Kier molecular flexibility index (Phi) is 5.27. The van der Waals surface area contributed by atoms with Crippen molar-refractivity contribution in [2.24, 2.45) is 5.92 Å². The van der Waals surface area contributed by atoms with Crippen molar-refractivity contribution in [2.75, 3.05) is 19.7 Å². The van der Waals surface area contributed by atoms with Crippen LogP contribution in [0.3, 0.4) is 0 Å². The van der Waals surface area contributed by atoms with E-state index in [4.69, 9.17) is 27.9 Å². The first-order valence-electron chi connectivity index (χ1n) is 7.95. The molecule has 2 aliphatic rings. The van der Waals surface area contributed by atoms with Crippen LogP contribution in [0.15, 0.2) is 18.2 Å². The third-order valence-electron chi connectivity index (χ3n) is 4.37. The maximum Gasteiger partial charge on any atom is 0.222 e. The molecule has 1 atom stereocenters. The van der Waals surface area contributed by atoms with Gasteiger partial charge in [0.25, 0.3) is 0 Å².